The zero-order valence-corrected chi connectivity index (χ0v) is 15.8. The molecule has 6 heteroatoms. The summed E-state index contributed by atoms with van der Waals surface area (Å²) in [5.41, 5.74) is 9.91. The van der Waals surface area contributed by atoms with Crippen LogP contribution in [-0.2, 0) is 6.42 Å². The molecule has 0 aliphatic rings. The van der Waals surface area contributed by atoms with Gasteiger partial charge in [-0.25, -0.2) is 4.98 Å². The van der Waals surface area contributed by atoms with Crippen LogP contribution in [0.1, 0.15) is 33.3 Å². The number of hydrogen-bond donors (Lipinski definition) is 2. The highest BCUT2D eigenvalue weighted by molar-refractivity contribution is 7.18. The molecule has 0 aliphatic heterocycles. The monoisotopic (exact) mass is 367 g/mol. The van der Waals surface area contributed by atoms with E-state index in [4.69, 9.17) is 10.5 Å². The lowest BCUT2D eigenvalue weighted by Gasteiger charge is -2.11. The zero-order chi connectivity index (χ0) is 18.7. The van der Waals surface area contributed by atoms with Gasteiger partial charge in [0.05, 0.1) is 7.11 Å². The van der Waals surface area contributed by atoms with Gasteiger partial charge >= 0.3 is 0 Å². The molecular weight excluding hydrogens is 346 g/mol. The zero-order valence-electron chi connectivity index (χ0n) is 15.0. The number of methoxy groups -OCH3 is 1. The Morgan fingerprint density at radius 2 is 1.96 bits per heavy atom. The van der Waals surface area contributed by atoms with Crippen LogP contribution in [0.5, 0.6) is 5.75 Å². The van der Waals surface area contributed by atoms with Gasteiger partial charge in [0, 0.05) is 11.3 Å². The van der Waals surface area contributed by atoms with Gasteiger partial charge in [-0.1, -0.05) is 36.5 Å². The highest BCUT2D eigenvalue weighted by atomic mass is 32.1. The van der Waals surface area contributed by atoms with E-state index in [0.29, 0.717) is 21.3 Å². The number of anilines is 3. The molecule has 3 N–H and O–H groups in total. The fourth-order valence-corrected chi connectivity index (χ4v) is 3.58. The summed E-state index contributed by atoms with van der Waals surface area (Å²) in [6.45, 7) is 4.15. The molecule has 0 amide bonds. The first-order chi connectivity index (χ1) is 12.5. The fraction of sp³-hybridized carbons (Fsp3) is 0.200. The second-order valence-electron chi connectivity index (χ2n) is 5.88. The third-order valence-electron chi connectivity index (χ3n) is 4.18. The SMILES string of the molecule is CCc1cccc(C)c1Nc1nc(N)c(C(=O)c2ccc(OC)cc2)s1. The number of nitrogens with one attached hydrogen (secondary N) is 1. The maximum atomic E-state index is 12.7. The Kier molecular flexibility index (Phi) is 5.23. The normalized spacial score (nSPS) is 10.6. The quantitative estimate of drug-likeness (QED) is 0.624. The molecule has 0 saturated carbocycles. The van der Waals surface area contributed by atoms with Crippen LogP contribution in [0.3, 0.4) is 0 Å². The van der Waals surface area contributed by atoms with E-state index in [2.05, 4.69) is 23.3 Å². The van der Waals surface area contributed by atoms with Crippen molar-refractivity contribution in [1.29, 1.82) is 0 Å². The van der Waals surface area contributed by atoms with Crippen LogP contribution in [0, 0.1) is 6.92 Å². The third-order valence-corrected chi connectivity index (χ3v) is 5.17. The van der Waals surface area contributed by atoms with E-state index in [1.165, 1.54) is 16.9 Å². The molecule has 0 unspecified atom stereocenters. The highest BCUT2D eigenvalue weighted by Gasteiger charge is 2.19. The number of ketones is 1. The molecule has 0 saturated heterocycles. The molecule has 3 rings (SSSR count). The lowest BCUT2D eigenvalue weighted by atomic mass is 10.1. The van der Waals surface area contributed by atoms with Crippen LogP contribution >= 0.6 is 11.3 Å². The molecular formula is C20H21N3O2S. The van der Waals surface area contributed by atoms with Crippen LogP contribution in [-0.4, -0.2) is 17.9 Å². The Labute approximate surface area is 156 Å². The van der Waals surface area contributed by atoms with Gasteiger partial charge in [-0.15, -0.1) is 0 Å². The number of ether oxygens (including phenoxy) is 1. The smallest absolute Gasteiger partial charge is 0.206 e. The number of benzene rings is 2. The van der Waals surface area contributed by atoms with Gasteiger partial charge in [0.15, 0.2) is 5.13 Å². The van der Waals surface area contributed by atoms with Crippen molar-refractivity contribution in [3.05, 3.63) is 64.0 Å². The molecule has 3 aromatic rings. The molecule has 1 heterocycles. The number of thiazole rings is 1. The second-order valence-corrected chi connectivity index (χ2v) is 6.88. The van der Waals surface area contributed by atoms with Gasteiger partial charge < -0.3 is 15.8 Å². The van der Waals surface area contributed by atoms with Crippen LogP contribution in [0.25, 0.3) is 0 Å². The number of aryl methyl sites for hydroxylation is 2. The molecule has 5 nitrogen and oxygen atoms in total. The number of nitrogens with two attached hydrogens (primary N) is 1. The van der Waals surface area contributed by atoms with Crippen molar-refractivity contribution < 1.29 is 9.53 Å². The van der Waals surface area contributed by atoms with Crippen LogP contribution in [0.2, 0.25) is 0 Å². The molecule has 0 spiro atoms. The summed E-state index contributed by atoms with van der Waals surface area (Å²) >= 11 is 1.27. The highest BCUT2D eigenvalue weighted by Crippen LogP contribution is 2.32. The van der Waals surface area contributed by atoms with Crippen LogP contribution in [0.4, 0.5) is 16.6 Å². The van der Waals surface area contributed by atoms with Crippen molar-refractivity contribution in [3.63, 3.8) is 0 Å². The van der Waals surface area contributed by atoms with Crippen molar-refractivity contribution in [2.75, 3.05) is 18.2 Å². The minimum Gasteiger partial charge on any atom is -0.497 e. The predicted octanol–water partition coefficient (Wildman–Crippen LogP) is 4.58. The first kappa shape index (κ1) is 17.9. The van der Waals surface area contributed by atoms with Crippen molar-refractivity contribution in [1.82, 2.24) is 4.98 Å². The Bertz CT molecular complexity index is 933. The molecule has 0 atom stereocenters. The number of carbonyl (C=O) groups is 1. The third kappa shape index (κ3) is 3.55. The fourth-order valence-electron chi connectivity index (χ4n) is 2.73. The largest absolute Gasteiger partial charge is 0.497 e. The van der Waals surface area contributed by atoms with Crippen molar-refractivity contribution in [2.24, 2.45) is 0 Å². The Morgan fingerprint density at radius 3 is 2.62 bits per heavy atom. The maximum absolute atomic E-state index is 12.7. The van der Waals surface area contributed by atoms with Gasteiger partial charge in [-0.2, -0.15) is 0 Å². The maximum Gasteiger partial charge on any atom is 0.206 e. The summed E-state index contributed by atoms with van der Waals surface area (Å²) < 4.78 is 5.13. The number of rotatable bonds is 6. The lowest BCUT2D eigenvalue weighted by Crippen LogP contribution is -2.02. The summed E-state index contributed by atoms with van der Waals surface area (Å²) in [7, 11) is 1.59. The Balaban J connectivity index is 1.88. The molecule has 1 aromatic heterocycles. The first-order valence-corrected chi connectivity index (χ1v) is 9.15. The van der Waals surface area contributed by atoms with Gasteiger partial charge in [-0.3, -0.25) is 4.79 Å². The molecule has 26 heavy (non-hydrogen) atoms. The predicted molar refractivity (Wildman–Crippen MR) is 107 cm³/mol. The van der Waals surface area contributed by atoms with Crippen LogP contribution < -0.4 is 15.8 Å². The molecule has 0 aliphatic carbocycles. The number of nitrogen functional groups attached to an aromatic ring is 1. The average Bonchev–Trinajstić information content (AvgIpc) is 3.03. The van der Waals surface area contributed by atoms with E-state index in [0.717, 1.165) is 17.7 Å². The van der Waals surface area contributed by atoms with Gasteiger partial charge in [0.1, 0.15) is 16.4 Å². The number of hydrogen-bond acceptors (Lipinski definition) is 6. The van der Waals surface area contributed by atoms with Crippen molar-refractivity contribution >= 4 is 33.8 Å². The molecule has 0 fully saturated rings. The van der Waals surface area contributed by atoms with Gasteiger partial charge in [-0.05, 0) is 48.7 Å². The lowest BCUT2D eigenvalue weighted by molar-refractivity contribution is 0.104. The Hall–Kier alpha value is -2.86. The minimum atomic E-state index is -0.142. The average molecular weight is 367 g/mol. The minimum absolute atomic E-state index is 0.142. The van der Waals surface area contributed by atoms with E-state index < -0.39 is 0 Å². The molecule has 0 radical (unpaired) electrons. The van der Waals surface area contributed by atoms with E-state index in [9.17, 15) is 4.79 Å². The number of nitrogens with zero attached hydrogens (tertiary/aromatic N) is 1. The van der Waals surface area contributed by atoms with E-state index in [-0.39, 0.29) is 11.6 Å². The van der Waals surface area contributed by atoms with E-state index >= 15 is 0 Å². The first-order valence-electron chi connectivity index (χ1n) is 8.34. The summed E-state index contributed by atoms with van der Waals surface area (Å²) in [6, 6.07) is 13.1. The van der Waals surface area contributed by atoms with Crippen molar-refractivity contribution in [3.8, 4) is 5.75 Å². The summed E-state index contributed by atoms with van der Waals surface area (Å²) in [6.07, 6.45) is 0.905. The Morgan fingerprint density at radius 1 is 1.23 bits per heavy atom. The molecule has 134 valence electrons. The van der Waals surface area contributed by atoms with Crippen molar-refractivity contribution in [2.45, 2.75) is 20.3 Å². The topological polar surface area (TPSA) is 77.2 Å². The summed E-state index contributed by atoms with van der Waals surface area (Å²) in [5.74, 6) is 0.800. The number of para-hydroxylation sites is 1. The molecule has 2 aromatic carbocycles. The standard InChI is InChI=1S/C20H21N3O2S/c1-4-13-7-5-6-12(2)16(13)22-20-23-19(21)18(26-20)17(24)14-8-10-15(25-3)11-9-14/h5-11H,4,21H2,1-3H3,(H,22,23). The summed E-state index contributed by atoms with van der Waals surface area (Å²) in [4.78, 5) is 17.5. The van der Waals surface area contributed by atoms with Gasteiger partial charge in [0.2, 0.25) is 5.78 Å². The summed E-state index contributed by atoms with van der Waals surface area (Å²) in [5, 5.41) is 3.95. The molecule has 0 bridgehead atoms. The second kappa shape index (κ2) is 7.58. The van der Waals surface area contributed by atoms with Gasteiger partial charge in [0.25, 0.3) is 0 Å². The van der Waals surface area contributed by atoms with E-state index in [1.54, 1.807) is 31.4 Å². The number of carbonyl (C=O) groups excluding carboxylic acids is 1. The van der Waals surface area contributed by atoms with Crippen LogP contribution in [0.15, 0.2) is 42.5 Å². The number of aromatic nitrogens is 1. The van der Waals surface area contributed by atoms with E-state index in [1.807, 2.05) is 19.1 Å².